The van der Waals surface area contributed by atoms with Crippen LogP contribution in [0, 0.1) is 5.92 Å². The number of hydrogen-bond acceptors (Lipinski definition) is 11. The number of aromatic hydroxyl groups is 1. The van der Waals surface area contributed by atoms with Gasteiger partial charge in [-0.2, -0.15) is 0 Å². The highest BCUT2D eigenvalue weighted by Crippen LogP contribution is 2.34. The summed E-state index contributed by atoms with van der Waals surface area (Å²) >= 11 is 0. The molecule has 0 aliphatic carbocycles. The molecular formula is C52H51N5O7. The minimum absolute atomic E-state index is 0.0430. The number of hydrogen-bond donors (Lipinski definition) is 5. The molecule has 2 aromatic heterocycles. The molecule has 326 valence electrons. The average Bonchev–Trinajstić information content (AvgIpc) is 3.34. The lowest BCUT2D eigenvalue weighted by molar-refractivity contribution is -0.164. The van der Waals surface area contributed by atoms with Gasteiger partial charge in [0.25, 0.3) is 0 Å². The van der Waals surface area contributed by atoms with E-state index in [1.165, 1.54) is 17.7 Å². The molecule has 12 heteroatoms. The minimum Gasteiger partial charge on any atom is -0.506 e. The normalized spacial score (nSPS) is 14.8. The van der Waals surface area contributed by atoms with E-state index in [2.05, 4.69) is 44.5 Å². The van der Waals surface area contributed by atoms with Crippen molar-refractivity contribution in [3.05, 3.63) is 195 Å². The number of aryl methyl sites for hydroxylation is 1. The maximum atomic E-state index is 14.0. The molecule has 0 bridgehead atoms. The predicted octanol–water partition coefficient (Wildman–Crippen LogP) is 7.02. The first-order chi connectivity index (χ1) is 31.1. The number of nitrogens with one attached hydrogen (secondary N) is 2. The zero-order valence-corrected chi connectivity index (χ0v) is 35.4. The first-order valence-corrected chi connectivity index (χ1v) is 21.6. The van der Waals surface area contributed by atoms with E-state index in [1.54, 1.807) is 79.0 Å². The van der Waals surface area contributed by atoms with Crippen LogP contribution in [0.4, 0.5) is 0 Å². The van der Waals surface area contributed by atoms with Crippen molar-refractivity contribution in [2.45, 2.75) is 50.5 Å². The fourth-order valence-electron chi connectivity index (χ4n) is 8.30. The molecule has 1 aliphatic heterocycles. The largest absolute Gasteiger partial charge is 0.506 e. The van der Waals surface area contributed by atoms with Crippen LogP contribution in [0.3, 0.4) is 0 Å². The van der Waals surface area contributed by atoms with Crippen molar-refractivity contribution in [1.29, 1.82) is 0 Å². The number of esters is 1. The third kappa shape index (κ3) is 10.3. The molecule has 1 aliphatic rings. The number of piperidine rings is 1. The molecule has 0 spiro atoms. The Balaban J connectivity index is 0.864. The Labute approximate surface area is 371 Å². The Morgan fingerprint density at radius 2 is 1.58 bits per heavy atom. The molecule has 0 saturated carbocycles. The van der Waals surface area contributed by atoms with Gasteiger partial charge in [0.1, 0.15) is 5.75 Å². The van der Waals surface area contributed by atoms with E-state index < -0.39 is 17.7 Å². The SMILES string of the molecule is O=C(CCc1ccnc(-c2cccc([C@](O)(C(=O)OCC3CCN(Cc4ccccc4)CC3)c3ccccc3)c2)n1)c1ccc(CNC[C@H](O)c2ccc(O)c3[nH]c(=O)ccc23)cc1. The highest BCUT2D eigenvalue weighted by Gasteiger charge is 2.42. The lowest BCUT2D eigenvalue weighted by Crippen LogP contribution is -2.40. The molecule has 3 heterocycles. The monoisotopic (exact) mass is 857 g/mol. The first kappa shape index (κ1) is 43.8. The number of aromatic nitrogens is 3. The van der Waals surface area contributed by atoms with Crippen molar-refractivity contribution in [3.8, 4) is 17.1 Å². The van der Waals surface area contributed by atoms with Crippen LogP contribution in [0.5, 0.6) is 5.75 Å². The van der Waals surface area contributed by atoms with Gasteiger partial charge in [-0.25, -0.2) is 14.8 Å². The summed E-state index contributed by atoms with van der Waals surface area (Å²) < 4.78 is 5.93. The van der Waals surface area contributed by atoms with E-state index in [4.69, 9.17) is 9.72 Å². The van der Waals surface area contributed by atoms with Crippen molar-refractivity contribution in [2.24, 2.45) is 5.92 Å². The van der Waals surface area contributed by atoms with E-state index in [9.17, 15) is 29.7 Å². The quantitative estimate of drug-likeness (QED) is 0.0470. The van der Waals surface area contributed by atoms with Crippen molar-refractivity contribution < 1.29 is 29.6 Å². The molecule has 7 aromatic rings. The van der Waals surface area contributed by atoms with Gasteiger partial charge in [-0.3, -0.25) is 14.5 Å². The maximum absolute atomic E-state index is 14.0. The van der Waals surface area contributed by atoms with Crippen LogP contribution in [0.25, 0.3) is 22.3 Å². The second-order valence-corrected chi connectivity index (χ2v) is 16.4. The summed E-state index contributed by atoms with van der Waals surface area (Å²) in [5, 5.41) is 37.2. The van der Waals surface area contributed by atoms with Gasteiger partial charge in [-0.05, 0) is 84.8 Å². The summed E-state index contributed by atoms with van der Waals surface area (Å²) in [6, 6.07) is 41.3. The van der Waals surface area contributed by atoms with E-state index in [0.717, 1.165) is 38.0 Å². The summed E-state index contributed by atoms with van der Waals surface area (Å²) in [6.45, 7) is 3.59. The molecule has 1 saturated heterocycles. The maximum Gasteiger partial charge on any atom is 0.347 e. The molecule has 0 radical (unpaired) electrons. The number of benzene rings is 5. The third-order valence-electron chi connectivity index (χ3n) is 12.0. The number of fused-ring (bicyclic) bond motifs is 1. The van der Waals surface area contributed by atoms with Gasteiger partial charge in [0, 0.05) is 66.1 Å². The topological polar surface area (TPSA) is 178 Å². The number of phenolic OH excluding ortho intramolecular Hbond substituents is 1. The number of pyridine rings is 1. The van der Waals surface area contributed by atoms with Crippen molar-refractivity contribution in [3.63, 3.8) is 0 Å². The summed E-state index contributed by atoms with van der Waals surface area (Å²) in [6.07, 6.45) is 3.13. The number of ether oxygens (including phenoxy) is 1. The third-order valence-corrected chi connectivity index (χ3v) is 12.0. The highest BCUT2D eigenvalue weighted by molar-refractivity contribution is 5.96. The Morgan fingerprint density at radius 3 is 2.34 bits per heavy atom. The van der Waals surface area contributed by atoms with Crippen LogP contribution in [0.1, 0.15) is 69.2 Å². The van der Waals surface area contributed by atoms with Crippen LogP contribution in [-0.2, 0) is 34.6 Å². The molecule has 5 N–H and O–H groups in total. The molecule has 0 amide bonds. The fraction of sp³-hybridized carbons (Fsp3) is 0.250. The smallest absolute Gasteiger partial charge is 0.347 e. The van der Waals surface area contributed by atoms with Gasteiger partial charge in [0.05, 0.1) is 18.2 Å². The second-order valence-electron chi connectivity index (χ2n) is 16.4. The first-order valence-electron chi connectivity index (χ1n) is 21.6. The van der Waals surface area contributed by atoms with Gasteiger partial charge in [0.2, 0.25) is 11.2 Å². The zero-order valence-electron chi connectivity index (χ0n) is 35.4. The number of aliphatic hydroxyl groups excluding tert-OH is 1. The fourth-order valence-corrected chi connectivity index (χ4v) is 8.30. The number of Topliss-reactive ketones (excluding diaryl/α,β-unsaturated/α-hetero) is 1. The van der Waals surface area contributed by atoms with Crippen molar-refractivity contribution in [2.75, 3.05) is 26.2 Å². The van der Waals surface area contributed by atoms with E-state index >= 15 is 0 Å². The van der Waals surface area contributed by atoms with Crippen LogP contribution in [0.2, 0.25) is 0 Å². The number of rotatable bonds is 17. The average molecular weight is 858 g/mol. The Hall–Kier alpha value is -6.83. The number of aromatic amines is 1. The Bertz CT molecular complexity index is 2760. The Morgan fingerprint density at radius 1 is 0.844 bits per heavy atom. The minimum atomic E-state index is -2.07. The standard InChI is InChI=1S/C52H51N5O7/c58-45(38-16-14-35(15-17-38)31-53-32-47(60)43-19-22-46(59)49-44(43)20-23-48(61)56-49)21-18-42-24-27-54-50(55-42)39-10-7-13-41(30-39)52(63,40-11-5-2-6-12-40)51(62)64-34-37-25-28-57(29-26-37)33-36-8-3-1-4-9-36/h1-17,19-20,22-24,27,30,37,47,53,59-60,63H,18,21,25-26,28-29,31-34H2,(H,56,61)/t47-,52-/m0/s1. The van der Waals surface area contributed by atoms with Crippen molar-refractivity contribution in [1.82, 2.24) is 25.2 Å². The lowest BCUT2D eigenvalue weighted by Gasteiger charge is -2.33. The second kappa shape index (κ2) is 20.1. The van der Waals surface area contributed by atoms with Gasteiger partial charge in [0.15, 0.2) is 11.6 Å². The number of nitrogens with zero attached hydrogens (tertiary/aromatic N) is 3. The molecule has 5 aromatic carbocycles. The van der Waals surface area contributed by atoms with E-state index in [-0.39, 0.29) is 48.1 Å². The van der Waals surface area contributed by atoms with Gasteiger partial charge >= 0.3 is 5.97 Å². The number of ketones is 1. The Kier molecular flexibility index (Phi) is 13.8. The van der Waals surface area contributed by atoms with Crippen molar-refractivity contribution >= 4 is 22.7 Å². The summed E-state index contributed by atoms with van der Waals surface area (Å²) in [7, 11) is 0. The molecule has 8 rings (SSSR count). The van der Waals surface area contributed by atoms with Gasteiger partial charge in [-0.15, -0.1) is 0 Å². The number of H-pyrrole nitrogens is 1. The zero-order chi connectivity index (χ0) is 44.5. The molecular weight excluding hydrogens is 807 g/mol. The molecule has 1 fully saturated rings. The van der Waals surface area contributed by atoms with Crippen LogP contribution in [0.15, 0.2) is 151 Å². The van der Waals surface area contributed by atoms with Gasteiger partial charge in [-0.1, -0.05) is 109 Å². The van der Waals surface area contributed by atoms with Crippen LogP contribution >= 0.6 is 0 Å². The summed E-state index contributed by atoms with van der Waals surface area (Å²) in [5.74, 6) is -0.261. The number of aliphatic hydroxyl groups is 2. The lowest BCUT2D eigenvalue weighted by atomic mass is 9.85. The van der Waals surface area contributed by atoms with Crippen LogP contribution < -0.4 is 10.9 Å². The summed E-state index contributed by atoms with van der Waals surface area (Å²) in [4.78, 5) is 53.3. The van der Waals surface area contributed by atoms with E-state index in [0.29, 0.717) is 57.7 Å². The molecule has 12 nitrogen and oxygen atoms in total. The number of carbonyl (C=O) groups is 2. The number of likely N-dealkylation sites (tertiary alicyclic amines) is 1. The highest BCUT2D eigenvalue weighted by atomic mass is 16.5. The predicted molar refractivity (Wildman–Crippen MR) is 244 cm³/mol. The van der Waals surface area contributed by atoms with E-state index in [1.807, 2.05) is 30.3 Å². The number of carbonyl (C=O) groups excluding carboxylic acids is 2. The molecule has 0 unspecified atom stereocenters. The van der Waals surface area contributed by atoms with Gasteiger partial charge < -0.3 is 30.4 Å². The van der Waals surface area contributed by atoms with Crippen LogP contribution in [-0.4, -0.2) is 73.2 Å². The molecule has 64 heavy (non-hydrogen) atoms. The summed E-state index contributed by atoms with van der Waals surface area (Å²) in [5.41, 5.74) is 3.20. The number of phenols is 1. The molecule has 2 atom stereocenters.